The highest BCUT2D eigenvalue weighted by molar-refractivity contribution is 5.34. The summed E-state index contributed by atoms with van der Waals surface area (Å²) in [5, 5.41) is 9.12. The van der Waals surface area contributed by atoms with Crippen LogP contribution >= 0.6 is 0 Å². The summed E-state index contributed by atoms with van der Waals surface area (Å²) in [5.74, 6) is 1.77. The van der Waals surface area contributed by atoms with Crippen LogP contribution < -0.4 is 0 Å². The van der Waals surface area contributed by atoms with Crippen molar-refractivity contribution in [2.75, 3.05) is 0 Å². The van der Waals surface area contributed by atoms with E-state index in [1.165, 1.54) is 49.7 Å². The second kappa shape index (κ2) is 4.17. The standard InChI is InChI=1S/C14H19NO/c16-9-13-7-14-11(4-3-10-1-2-10)5-6-12(14)8-15-13/h7-8,10-11,16H,1-6,9H2/t11-/m0/s1. The first-order chi connectivity index (χ1) is 7.86. The molecule has 2 aliphatic carbocycles. The number of hydrogen-bond donors (Lipinski definition) is 1. The van der Waals surface area contributed by atoms with Gasteiger partial charge < -0.3 is 5.11 Å². The minimum atomic E-state index is 0.0720. The van der Waals surface area contributed by atoms with Crippen LogP contribution in [-0.2, 0) is 13.0 Å². The molecule has 0 aliphatic heterocycles. The molecule has 0 amide bonds. The summed E-state index contributed by atoms with van der Waals surface area (Å²) in [6, 6.07) is 2.12. The molecule has 1 fully saturated rings. The molecule has 0 aromatic carbocycles. The zero-order chi connectivity index (χ0) is 11.0. The molecule has 2 nitrogen and oxygen atoms in total. The van der Waals surface area contributed by atoms with Gasteiger partial charge in [-0.3, -0.25) is 4.98 Å². The highest BCUT2D eigenvalue weighted by Gasteiger charge is 2.27. The number of aromatic nitrogens is 1. The molecule has 1 aromatic rings. The number of aryl methyl sites for hydroxylation is 1. The fourth-order valence-electron chi connectivity index (χ4n) is 2.85. The van der Waals surface area contributed by atoms with E-state index in [0.29, 0.717) is 0 Å². The lowest BCUT2D eigenvalue weighted by atomic mass is 9.95. The predicted molar refractivity (Wildman–Crippen MR) is 63.2 cm³/mol. The third-order valence-corrected chi connectivity index (χ3v) is 4.06. The van der Waals surface area contributed by atoms with Crippen LogP contribution in [0.5, 0.6) is 0 Å². The first kappa shape index (κ1) is 10.3. The normalized spacial score (nSPS) is 23.4. The van der Waals surface area contributed by atoms with Crippen molar-refractivity contribution < 1.29 is 5.11 Å². The Morgan fingerprint density at radius 3 is 2.88 bits per heavy atom. The van der Waals surface area contributed by atoms with Crippen LogP contribution in [0.3, 0.4) is 0 Å². The average molecular weight is 217 g/mol. The summed E-state index contributed by atoms with van der Waals surface area (Å²) in [5.41, 5.74) is 3.72. The zero-order valence-electron chi connectivity index (χ0n) is 9.65. The van der Waals surface area contributed by atoms with Crippen LogP contribution in [0.1, 0.15) is 54.8 Å². The number of rotatable bonds is 4. The van der Waals surface area contributed by atoms with Crippen molar-refractivity contribution in [1.29, 1.82) is 0 Å². The molecule has 1 N–H and O–H groups in total. The topological polar surface area (TPSA) is 33.1 Å². The number of aliphatic hydroxyl groups excluding tert-OH is 1. The van der Waals surface area contributed by atoms with E-state index in [2.05, 4.69) is 11.1 Å². The first-order valence-corrected chi connectivity index (χ1v) is 6.45. The molecule has 0 saturated heterocycles. The number of fused-ring (bicyclic) bond motifs is 1. The molecular weight excluding hydrogens is 198 g/mol. The Morgan fingerprint density at radius 2 is 2.12 bits per heavy atom. The Balaban J connectivity index is 1.74. The Kier molecular flexibility index (Phi) is 2.68. The minimum Gasteiger partial charge on any atom is -0.390 e. The van der Waals surface area contributed by atoms with E-state index in [1.54, 1.807) is 0 Å². The average Bonchev–Trinajstić information content (AvgIpc) is 3.06. The van der Waals surface area contributed by atoms with Crippen molar-refractivity contribution in [2.45, 2.75) is 51.0 Å². The first-order valence-electron chi connectivity index (χ1n) is 6.45. The van der Waals surface area contributed by atoms with E-state index in [4.69, 9.17) is 5.11 Å². The lowest BCUT2D eigenvalue weighted by Crippen LogP contribution is -1.97. The zero-order valence-corrected chi connectivity index (χ0v) is 9.65. The van der Waals surface area contributed by atoms with Crippen molar-refractivity contribution in [2.24, 2.45) is 5.92 Å². The predicted octanol–water partition coefficient (Wildman–Crippen LogP) is 2.79. The Bertz CT molecular complexity index is 384. The molecule has 1 aromatic heterocycles. The maximum absolute atomic E-state index is 9.12. The van der Waals surface area contributed by atoms with Crippen LogP contribution in [0.4, 0.5) is 0 Å². The SMILES string of the molecule is OCc1cc2c(cn1)CC[C@@H]2CCC1CC1. The van der Waals surface area contributed by atoms with Crippen molar-refractivity contribution in [3.63, 3.8) is 0 Å². The van der Waals surface area contributed by atoms with E-state index in [0.717, 1.165) is 17.5 Å². The molecule has 16 heavy (non-hydrogen) atoms. The Morgan fingerprint density at radius 1 is 1.25 bits per heavy atom. The fraction of sp³-hybridized carbons (Fsp3) is 0.643. The maximum atomic E-state index is 9.12. The highest BCUT2D eigenvalue weighted by atomic mass is 16.3. The maximum Gasteiger partial charge on any atom is 0.0853 e. The Labute approximate surface area is 96.7 Å². The summed E-state index contributed by atoms with van der Waals surface area (Å²) in [6.07, 6.45) is 10.1. The molecule has 2 aliphatic rings. The van der Waals surface area contributed by atoms with Gasteiger partial charge in [0.05, 0.1) is 12.3 Å². The second-order valence-corrected chi connectivity index (χ2v) is 5.29. The molecule has 0 unspecified atom stereocenters. The summed E-state index contributed by atoms with van der Waals surface area (Å²) in [7, 11) is 0. The van der Waals surface area contributed by atoms with Crippen LogP contribution in [0.2, 0.25) is 0 Å². The summed E-state index contributed by atoms with van der Waals surface area (Å²) < 4.78 is 0. The molecule has 0 radical (unpaired) electrons. The lowest BCUT2D eigenvalue weighted by molar-refractivity contribution is 0.276. The van der Waals surface area contributed by atoms with E-state index in [1.807, 2.05) is 6.20 Å². The largest absolute Gasteiger partial charge is 0.390 e. The number of nitrogens with zero attached hydrogens (tertiary/aromatic N) is 1. The quantitative estimate of drug-likeness (QED) is 0.841. The van der Waals surface area contributed by atoms with Crippen molar-refractivity contribution in [3.8, 4) is 0 Å². The van der Waals surface area contributed by atoms with Gasteiger partial charge in [0, 0.05) is 6.20 Å². The van der Waals surface area contributed by atoms with Gasteiger partial charge in [0.25, 0.3) is 0 Å². The fourth-order valence-corrected chi connectivity index (χ4v) is 2.85. The van der Waals surface area contributed by atoms with Gasteiger partial charge in [-0.1, -0.05) is 12.8 Å². The monoisotopic (exact) mass is 217 g/mol. The van der Waals surface area contributed by atoms with Crippen LogP contribution in [0.25, 0.3) is 0 Å². The number of aliphatic hydroxyl groups is 1. The van der Waals surface area contributed by atoms with Gasteiger partial charge in [-0.05, 0) is 54.7 Å². The third kappa shape index (κ3) is 1.99. The number of pyridine rings is 1. The van der Waals surface area contributed by atoms with Crippen molar-refractivity contribution in [3.05, 3.63) is 29.1 Å². The van der Waals surface area contributed by atoms with Crippen LogP contribution in [0.15, 0.2) is 12.3 Å². The van der Waals surface area contributed by atoms with Gasteiger partial charge in [0.1, 0.15) is 0 Å². The second-order valence-electron chi connectivity index (χ2n) is 5.29. The van der Waals surface area contributed by atoms with Gasteiger partial charge in [-0.2, -0.15) is 0 Å². The van der Waals surface area contributed by atoms with E-state index < -0.39 is 0 Å². The van der Waals surface area contributed by atoms with Gasteiger partial charge in [0.2, 0.25) is 0 Å². The minimum absolute atomic E-state index is 0.0720. The Hall–Kier alpha value is -0.890. The molecule has 1 saturated carbocycles. The molecule has 2 heteroatoms. The van der Waals surface area contributed by atoms with Gasteiger partial charge in [0.15, 0.2) is 0 Å². The van der Waals surface area contributed by atoms with Crippen molar-refractivity contribution >= 4 is 0 Å². The highest BCUT2D eigenvalue weighted by Crippen LogP contribution is 2.41. The van der Waals surface area contributed by atoms with E-state index in [9.17, 15) is 0 Å². The molecular formula is C14H19NO. The smallest absolute Gasteiger partial charge is 0.0853 e. The van der Waals surface area contributed by atoms with Gasteiger partial charge in [-0.25, -0.2) is 0 Å². The lowest BCUT2D eigenvalue weighted by Gasteiger charge is -2.11. The molecule has 0 spiro atoms. The van der Waals surface area contributed by atoms with E-state index in [-0.39, 0.29) is 6.61 Å². The van der Waals surface area contributed by atoms with Gasteiger partial charge >= 0.3 is 0 Å². The van der Waals surface area contributed by atoms with Crippen LogP contribution in [-0.4, -0.2) is 10.1 Å². The van der Waals surface area contributed by atoms with E-state index >= 15 is 0 Å². The molecule has 1 atom stereocenters. The molecule has 0 bridgehead atoms. The summed E-state index contributed by atoms with van der Waals surface area (Å²) in [6.45, 7) is 0.0720. The van der Waals surface area contributed by atoms with Crippen molar-refractivity contribution in [1.82, 2.24) is 4.98 Å². The summed E-state index contributed by atoms with van der Waals surface area (Å²) in [4.78, 5) is 4.26. The molecule has 3 rings (SSSR count). The third-order valence-electron chi connectivity index (χ3n) is 4.06. The molecule has 86 valence electrons. The summed E-state index contributed by atoms with van der Waals surface area (Å²) >= 11 is 0. The number of hydrogen-bond acceptors (Lipinski definition) is 2. The van der Waals surface area contributed by atoms with Crippen LogP contribution in [0, 0.1) is 5.92 Å². The molecule has 1 heterocycles. The van der Waals surface area contributed by atoms with Gasteiger partial charge in [-0.15, -0.1) is 0 Å².